The highest BCUT2D eigenvalue weighted by Gasteiger charge is 2.12. The minimum absolute atomic E-state index is 0.225. The number of hydrogen-bond acceptors (Lipinski definition) is 2. The fourth-order valence-electron chi connectivity index (χ4n) is 0.948. The summed E-state index contributed by atoms with van der Waals surface area (Å²) in [4.78, 5) is 22.9. The van der Waals surface area contributed by atoms with E-state index < -0.39 is 5.97 Å². The van der Waals surface area contributed by atoms with Crippen molar-refractivity contribution in [2.24, 2.45) is 0 Å². The molecule has 0 rings (SSSR count). The predicted octanol–water partition coefficient (Wildman–Crippen LogP) is 0.886. The molecule has 1 amide bonds. The van der Waals surface area contributed by atoms with E-state index in [2.05, 4.69) is 0 Å². The standard InChI is InChI=1S/C9H15NO3/c1-3-5-8(11)10(6-4-2)7-9(12)13/h3,5H,4,6-7H2,1-2H3,(H,12,13)/b5-3+. The van der Waals surface area contributed by atoms with Gasteiger partial charge in [0.05, 0.1) is 0 Å². The third-order valence-corrected chi connectivity index (χ3v) is 1.44. The van der Waals surface area contributed by atoms with Crippen LogP contribution in [0.3, 0.4) is 0 Å². The van der Waals surface area contributed by atoms with Gasteiger partial charge in [-0.15, -0.1) is 0 Å². The van der Waals surface area contributed by atoms with Crippen molar-refractivity contribution in [3.8, 4) is 0 Å². The molecule has 0 aromatic rings. The zero-order valence-electron chi connectivity index (χ0n) is 7.99. The second kappa shape index (κ2) is 6.22. The third kappa shape index (κ3) is 5.00. The lowest BCUT2D eigenvalue weighted by Gasteiger charge is -2.17. The lowest BCUT2D eigenvalue weighted by molar-refractivity contribution is -0.142. The molecule has 4 nitrogen and oxygen atoms in total. The van der Waals surface area contributed by atoms with Gasteiger partial charge in [0.1, 0.15) is 6.54 Å². The van der Waals surface area contributed by atoms with Crippen LogP contribution in [0.4, 0.5) is 0 Å². The molecule has 0 atom stereocenters. The van der Waals surface area contributed by atoms with Crippen molar-refractivity contribution in [3.05, 3.63) is 12.2 Å². The Morgan fingerprint density at radius 1 is 1.46 bits per heavy atom. The van der Waals surface area contributed by atoms with Gasteiger partial charge in [-0.05, 0) is 19.4 Å². The molecular formula is C9H15NO3. The van der Waals surface area contributed by atoms with Gasteiger partial charge in [-0.1, -0.05) is 13.0 Å². The largest absolute Gasteiger partial charge is 0.480 e. The van der Waals surface area contributed by atoms with Crippen LogP contribution in [-0.4, -0.2) is 35.0 Å². The summed E-state index contributed by atoms with van der Waals surface area (Å²) < 4.78 is 0. The van der Waals surface area contributed by atoms with Gasteiger partial charge < -0.3 is 10.0 Å². The van der Waals surface area contributed by atoms with Crippen LogP contribution < -0.4 is 0 Å². The number of allylic oxidation sites excluding steroid dienone is 1. The van der Waals surface area contributed by atoms with E-state index in [1.54, 1.807) is 13.0 Å². The predicted molar refractivity (Wildman–Crippen MR) is 49.3 cm³/mol. The number of nitrogens with zero attached hydrogens (tertiary/aromatic N) is 1. The summed E-state index contributed by atoms with van der Waals surface area (Å²) in [6.07, 6.45) is 3.74. The van der Waals surface area contributed by atoms with E-state index in [0.29, 0.717) is 6.54 Å². The van der Waals surface area contributed by atoms with E-state index in [-0.39, 0.29) is 12.5 Å². The maximum atomic E-state index is 11.2. The summed E-state index contributed by atoms with van der Waals surface area (Å²) in [5.41, 5.74) is 0. The number of carboxylic acids is 1. The average molecular weight is 185 g/mol. The van der Waals surface area contributed by atoms with Gasteiger partial charge in [0.15, 0.2) is 0 Å². The van der Waals surface area contributed by atoms with Gasteiger partial charge in [0.25, 0.3) is 0 Å². The van der Waals surface area contributed by atoms with Crippen LogP contribution in [0.5, 0.6) is 0 Å². The molecule has 1 N–H and O–H groups in total. The van der Waals surface area contributed by atoms with Crippen LogP contribution in [0.1, 0.15) is 20.3 Å². The Morgan fingerprint density at radius 2 is 2.08 bits per heavy atom. The van der Waals surface area contributed by atoms with Crippen LogP contribution in [0.25, 0.3) is 0 Å². The van der Waals surface area contributed by atoms with E-state index in [0.717, 1.165) is 6.42 Å². The van der Waals surface area contributed by atoms with E-state index in [1.807, 2.05) is 6.92 Å². The van der Waals surface area contributed by atoms with Gasteiger partial charge in [0, 0.05) is 6.54 Å². The van der Waals surface area contributed by atoms with Crippen molar-refractivity contribution in [1.29, 1.82) is 0 Å². The van der Waals surface area contributed by atoms with Crippen molar-refractivity contribution in [3.63, 3.8) is 0 Å². The van der Waals surface area contributed by atoms with Crippen molar-refractivity contribution < 1.29 is 14.7 Å². The van der Waals surface area contributed by atoms with Gasteiger partial charge in [-0.3, -0.25) is 9.59 Å². The van der Waals surface area contributed by atoms with E-state index in [4.69, 9.17) is 5.11 Å². The minimum atomic E-state index is -0.980. The first-order valence-electron chi connectivity index (χ1n) is 4.25. The number of carbonyl (C=O) groups is 2. The molecule has 0 fully saturated rings. The van der Waals surface area contributed by atoms with Crippen molar-refractivity contribution >= 4 is 11.9 Å². The average Bonchev–Trinajstić information content (AvgIpc) is 2.03. The number of rotatable bonds is 5. The second-order valence-corrected chi connectivity index (χ2v) is 2.65. The minimum Gasteiger partial charge on any atom is -0.480 e. The van der Waals surface area contributed by atoms with Crippen molar-refractivity contribution in [2.75, 3.05) is 13.1 Å². The molecule has 13 heavy (non-hydrogen) atoms. The number of carboxylic acid groups (broad SMARTS) is 1. The summed E-state index contributed by atoms with van der Waals surface area (Å²) >= 11 is 0. The second-order valence-electron chi connectivity index (χ2n) is 2.65. The van der Waals surface area contributed by atoms with E-state index in [1.165, 1.54) is 11.0 Å². The lowest BCUT2D eigenvalue weighted by atomic mass is 10.3. The van der Waals surface area contributed by atoms with Crippen molar-refractivity contribution in [1.82, 2.24) is 4.90 Å². The normalized spacial score (nSPS) is 10.3. The highest BCUT2D eigenvalue weighted by atomic mass is 16.4. The maximum Gasteiger partial charge on any atom is 0.323 e. The van der Waals surface area contributed by atoms with E-state index >= 15 is 0 Å². The zero-order chi connectivity index (χ0) is 10.3. The Balaban J connectivity index is 4.22. The highest BCUT2D eigenvalue weighted by molar-refractivity contribution is 5.89. The molecule has 0 bridgehead atoms. The number of carbonyl (C=O) groups excluding carboxylic acids is 1. The van der Waals surface area contributed by atoms with Crippen LogP contribution in [0.2, 0.25) is 0 Å². The molecule has 0 spiro atoms. The third-order valence-electron chi connectivity index (χ3n) is 1.44. The van der Waals surface area contributed by atoms with Gasteiger partial charge in [0.2, 0.25) is 5.91 Å². The molecular weight excluding hydrogens is 170 g/mol. The molecule has 0 aliphatic rings. The van der Waals surface area contributed by atoms with Crippen LogP contribution in [0.15, 0.2) is 12.2 Å². The zero-order valence-corrected chi connectivity index (χ0v) is 7.99. The molecule has 0 aliphatic carbocycles. The Labute approximate surface area is 77.8 Å². The lowest BCUT2D eigenvalue weighted by Crippen LogP contribution is -2.35. The topological polar surface area (TPSA) is 57.6 Å². The van der Waals surface area contributed by atoms with Gasteiger partial charge >= 0.3 is 5.97 Å². The van der Waals surface area contributed by atoms with Gasteiger partial charge in [-0.2, -0.15) is 0 Å². The SMILES string of the molecule is C/C=C/C(=O)N(CCC)CC(=O)O. The first-order chi connectivity index (χ1) is 6.11. The maximum absolute atomic E-state index is 11.2. The Hall–Kier alpha value is -1.32. The first kappa shape index (κ1) is 11.7. The molecule has 0 saturated heterocycles. The quantitative estimate of drug-likeness (QED) is 0.647. The molecule has 74 valence electrons. The van der Waals surface area contributed by atoms with Crippen LogP contribution in [-0.2, 0) is 9.59 Å². The van der Waals surface area contributed by atoms with Crippen LogP contribution in [0, 0.1) is 0 Å². The summed E-state index contributed by atoms with van der Waals surface area (Å²) in [6.45, 7) is 3.88. The van der Waals surface area contributed by atoms with Gasteiger partial charge in [-0.25, -0.2) is 0 Å². The molecule has 0 heterocycles. The fourth-order valence-corrected chi connectivity index (χ4v) is 0.948. The number of hydrogen-bond donors (Lipinski definition) is 1. The summed E-state index contributed by atoms with van der Waals surface area (Å²) in [7, 11) is 0. The summed E-state index contributed by atoms with van der Waals surface area (Å²) in [6, 6.07) is 0. The molecule has 0 aromatic heterocycles. The number of aliphatic carboxylic acids is 1. The molecule has 0 aromatic carbocycles. The Bertz CT molecular complexity index is 211. The van der Waals surface area contributed by atoms with Crippen LogP contribution >= 0.6 is 0 Å². The van der Waals surface area contributed by atoms with E-state index in [9.17, 15) is 9.59 Å². The monoisotopic (exact) mass is 185 g/mol. The molecule has 4 heteroatoms. The highest BCUT2D eigenvalue weighted by Crippen LogP contribution is 1.94. The summed E-state index contributed by atoms with van der Waals surface area (Å²) in [5.74, 6) is -1.22. The Morgan fingerprint density at radius 3 is 2.46 bits per heavy atom. The molecule has 0 radical (unpaired) electrons. The smallest absolute Gasteiger partial charge is 0.323 e. The molecule has 0 unspecified atom stereocenters. The van der Waals surface area contributed by atoms with Crippen molar-refractivity contribution in [2.45, 2.75) is 20.3 Å². The Kier molecular flexibility index (Phi) is 5.59. The first-order valence-corrected chi connectivity index (χ1v) is 4.25. The molecule has 0 aliphatic heterocycles. The number of amides is 1. The summed E-state index contributed by atoms with van der Waals surface area (Å²) in [5, 5.41) is 8.51. The fraction of sp³-hybridized carbons (Fsp3) is 0.556. The molecule has 0 saturated carbocycles.